The predicted molar refractivity (Wildman–Crippen MR) is 101 cm³/mol. The second-order valence-electron chi connectivity index (χ2n) is 7.02. The molecule has 3 heterocycles. The zero-order valence-electron chi connectivity index (χ0n) is 16.1. The van der Waals surface area contributed by atoms with Gasteiger partial charge in [0.05, 0.1) is 24.6 Å². The number of halogens is 4. The number of alkyl halides is 3. The molecule has 3 aromatic rings. The summed E-state index contributed by atoms with van der Waals surface area (Å²) in [5.74, 6) is 0.357. The molecule has 0 spiro atoms. The lowest BCUT2D eigenvalue weighted by molar-refractivity contribution is -0.137. The SMILES string of the molecule is COc1ncc(F)cc1CN1CCc2nc(-c3ccc(C(F)(F)F)cc3)ncc2C1. The van der Waals surface area contributed by atoms with Crippen molar-refractivity contribution in [2.75, 3.05) is 13.7 Å². The van der Waals surface area contributed by atoms with Crippen LogP contribution in [0.1, 0.15) is 22.4 Å². The van der Waals surface area contributed by atoms with Crippen LogP contribution in [-0.4, -0.2) is 33.5 Å². The van der Waals surface area contributed by atoms with E-state index in [1.165, 1.54) is 25.3 Å². The molecule has 0 amide bonds. The highest BCUT2D eigenvalue weighted by atomic mass is 19.4. The molecule has 2 aromatic heterocycles. The molecular weight excluding hydrogens is 400 g/mol. The van der Waals surface area contributed by atoms with Crippen LogP contribution in [0.4, 0.5) is 17.6 Å². The van der Waals surface area contributed by atoms with Crippen molar-refractivity contribution < 1.29 is 22.3 Å². The summed E-state index contributed by atoms with van der Waals surface area (Å²) in [5.41, 5.74) is 2.27. The molecule has 1 aliphatic rings. The van der Waals surface area contributed by atoms with Crippen molar-refractivity contribution in [2.45, 2.75) is 25.7 Å². The Bertz CT molecular complexity index is 1050. The lowest BCUT2D eigenvalue weighted by Crippen LogP contribution is -2.31. The van der Waals surface area contributed by atoms with Gasteiger partial charge in [0.15, 0.2) is 5.82 Å². The number of hydrogen-bond donors (Lipinski definition) is 0. The number of pyridine rings is 1. The van der Waals surface area contributed by atoms with Gasteiger partial charge < -0.3 is 4.74 Å². The molecule has 0 bridgehead atoms. The maximum Gasteiger partial charge on any atom is 0.416 e. The summed E-state index contributed by atoms with van der Waals surface area (Å²) in [4.78, 5) is 14.9. The Morgan fingerprint density at radius 2 is 1.87 bits per heavy atom. The summed E-state index contributed by atoms with van der Waals surface area (Å²) >= 11 is 0. The topological polar surface area (TPSA) is 51.1 Å². The molecule has 9 heteroatoms. The molecule has 0 saturated carbocycles. The van der Waals surface area contributed by atoms with Gasteiger partial charge in [0.1, 0.15) is 5.82 Å². The zero-order chi connectivity index (χ0) is 21.3. The molecule has 5 nitrogen and oxygen atoms in total. The van der Waals surface area contributed by atoms with Crippen LogP contribution in [0, 0.1) is 5.82 Å². The molecule has 0 N–H and O–H groups in total. The standard InChI is InChI=1S/C21H18F4N4O/c1-30-20-14(8-17(22)10-27-20)11-29-7-6-18-15(12-29)9-26-19(28-18)13-2-4-16(5-3-13)21(23,24)25/h2-5,8-10H,6-7,11-12H2,1H3. The molecule has 156 valence electrons. The van der Waals surface area contributed by atoms with Crippen molar-refractivity contribution in [1.82, 2.24) is 19.9 Å². The monoisotopic (exact) mass is 418 g/mol. The highest BCUT2D eigenvalue weighted by Gasteiger charge is 2.30. The van der Waals surface area contributed by atoms with E-state index in [9.17, 15) is 17.6 Å². The van der Waals surface area contributed by atoms with E-state index in [4.69, 9.17) is 4.74 Å². The van der Waals surface area contributed by atoms with Gasteiger partial charge in [-0.2, -0.15) is 13.2 Å². The summed E-state index contributed by atoms with van der Waals surface area (Å²) in [6.07, 6.45) is -0.915. The van der Waals surface area contributed by atoms with Crippen LogP contribution in [0.15, 0.2) is 42.7 Å². The zero-order valence-corrected chi connectivity index (χ0v) is 16.1. The van der Waals surface area contributed by atoms with Gasteiger partial charge in [0, 0.05) is 48.9 Å². The van der Waals surface area contributed by atoms with Gasteiger partial charge in [-0.05, 0) is 18.2 Å². The summed E-state index contributed by atoms with van der Waals surface area (Å²) in [5, 5.41) is 0. The first-order chi connectivity index (χ1) is 14.3. The van der Waals surface area contributed by atoms with Crippen LogP contribution in [-0.2, 0) is 25.7 Å². The molecule has 1 aliphatic heterocycles. The number of rotatable bonds is 4. The third-order valence-electron chi connectivity index (χ3n) is 4.96. The van der Waals surface area contributed by atoms with Crippen molar-refractivity contribution in [3.63, 3.8) is 0 Å². The molecule has 0 aliphatic carbocycles. The normalized spacial score (nSPS) is 14.4. The van der Waals surface area contributed by atoms with E-state index in [0.29, 0.717) is 48.9 Å². The first-order valence-electron chi connectivity index (χ1n) is 9.26. The van der Waals surface area contributed by atoms with Crippen LogP contribution < -0.4 is 4.74 Å². The second-order valence-corrected chi connectivity index (χ2v) is 7.02. The van der Waals surface area contributed by atoms with E-state index >= 15 is 0 Å². The quantitative estimate of drug-likeness (QED) is 0.593. The smallest absolute Gasteiger partial charge is 0.416 e. The number of nitrogens with zero attached hydrogens (tertiary/aromatic N) is 4. The Balaban J connectivity index is 1.50. The summed E-state index contributed by atoms with van der Waals surface area (Å²) in [6, 6.07) is 6.22. The van der Waals surface area contributed by atoms with Crippen LogP contribution in [0.2, 0.25) is 0 Å². The molecular formula is C21H18F4N4O. The van der Waals surface area contributed by atoms with Crippen molar-refractivity contribution in [3.8, 4) is 17.3 Å². The average molecular weight is 418 g/mol. The minimum Gasteiger partial charge on any atom is -0.481 e. The third kappa shape index (κ3) is 4.25. The van der Waals surface area contributed by atoms with Gasteiger partial charge in [-0.1, -0.05) is 12.1 Å². The molecule has 30 heavy (non-hydrogen) atoms. The van der Waals surface area contributed by atoms with Crippen molar-refractivity contribution in [3.05, 3.63) is 70.9 Å². The van der Waals surface area contributed by atoms with Gasteiger partial charge in [0.2, 0.25) is 5.88 Å². The van der Waals surface area contributed by atoms with Gasteiger partial charge in [-0.3, -0.25) is 4.90 Å². The predicted octanol–water partition coefficient (Wildman–Crippen LogP) is 4.26. The molecule has 0 saturated heterocycles. The van der Waals surface area contributed by atoms with E-state index in [1.54, 1.807) is 6.20 Å². The van der Waals surface area contributed by atoms with Crippen molar-refractivity contribution in [2.24, 2.45) is 0 Å². The highest BCUT2D eigenvalue weighted by molar-refractivity contribution is 5.56. The second kappa shape index (κ2) is 7.98. The molecule has 1 aromatic carbocycles. The number of fused-ring (bicyclic) bond motifs is 1. The first-order valence-corrected chi connectivity index (χ1v) is 9.26. The van der Waals surface area contributed by atoms with E-state index in [-0.39, 0.29) is 0 Å². The van der Waals surface area contributed by atoms with Crippen LogP contribution in [0.5, 0.6) is 5.88 Å². The van der Waals surface area contributed by atoms with Crippen LogP contribution in [0.25, 0.3) is 11.4 Å². The lowest BCUT2D eigenvalue weighted by atomic mass is 10.1. The molecule has 0 unspecified atom stereocenters. The number of methoxy groups -OCH3 is 1. The van der Waals surface area contributed by atoms with Crippen molar-refractivity contribution in [1.29, 1.82) is 0 Å². The summed E-state index contributed by atoms with van der Waals surface area (Å²) < 4.78 is 57.0. The van der Waals surface area contributed by atoms with Crippen LogP contribution in [0.3, 0.4) is 0 Å². The minimum atomic E-state index is -4.38. The fourth-order valence-electron chi connectivity index (χ4n) is 3.46. The van der Waals surface area contributed by atoms with Gasteiger partial charge >= 0.3 is 6.18 Å². The third-order valence-corrected chi connectivity index (χ3v) is 4.96. The van der Waals surface area contributed by atoms with E-state index in [0.717, 1.165) is 29.6 Å². The Morgan fingerprint density at radius 3 is 2.57 bits per heavy atom. The van der Waals surface area contributed by atoms with Crippen LogP contribution >= 0.6 is 0 Å². The lowest BCUT2D eigenvalue weighted by Gasteiger charge is -2.28. The molecule has 0 atom stereocenters. The Hall–Kier alpha value is -3.07. The first kappa shape index (κ1) is 20.2. The summed E-state index contributed by atoms with van der Waals surface area (Å²) in [6.45, 7) is 1.73. The number of aromatic nitrogens is 3. The number of ether oxygens (including phenoxy) is 1. The summed E-state index contributed by atoms with van der Waals surface area (Å²) in [7, 11) is 1.49. The Morgan fingerprint density at radius 1 is 1.10 bits per heavy atom. The molecule has 0 fully saturated rings. The minimum absolute atomic E-state index is 0.385. The average Bonchev–Trinajstić information content (AvgIpc) is 2.73. The van der Waals surface area contributed by atoms with Crippen molar-refractivity contribution >= 4 is 0 Å². The Labute approximate surface area is 170 Å². The van der Waals surface area contributed by atoms with Gasteiger partial charge in [-0.25, -0.2) is 19.3 Å². The number of benzene rings is 1. The Kier molecular flexibility index (Phi) is 5.38. The van der Waals surface area contributed by atoms with Gasteiger partial charge in [-0.15, -0.1) is 0 Å². The maximum absolute atomic E-state index is 13.6. The molecule has 0 radical (unpaired) electrons. The molecule has 4 rings (SSSR count). The van der Waals surface area contributed by atoms with Gasteiger partial charge in [0.25, 0.3) is 0 Å². The fraction of sp³-hybridized carbons (Fsp3) is 0.286. The van der Waals surface area contributed by atoms with E-state index in [1.807, 2.05) is 0 Å². The van der Waals surface area contributed by atoms with E-state index in [2.05, 4.69) is 19.9 Å². The fourth-order valence-corrected chi connectivity index (χ4v) is 3.46. The highest BCUT2D eigenvalue weighted by Crippen LogP contribution is 2.31. The number of hydrogen-bond acceptors (Lipinski definition) is 5. The largest absolute Gasteiger partial charge is 0.481 e. The van der Waals surface area contributed by atoms with E-state index < -0.39 is 17.6 Å². The maximum atomic E-state index is 13.6.